The zero-order valence-electron chi connectivity index (χ0n) is 20.9. The fourth-order valence-corrected chi connectivity index (χ4v) is 6.48. The van der Waals surface area contributed by atoms with E-state index in [1.54, 1.807) is 0 Å². The zero-order valence-corrected chi connectivity index (χ0v) is 24.0. The van der Waals surface area contributed by atoms with Gasteiger partial charge < -0.3 is 18.6 Å². The molecule has 0 aromatic rings. The number of hydrogen-bond acceptors (Lipinski definition) is 6. The van der Waals surface area contributed by atoms with Crippen LogP contribution in [0.1, 0.15) is 81.1 Å². The Kier molecular flexibility index (Phi) is 7.74. The number of halogens is 1. The highest BCUT2D eigenvalue weighted by atomic mass is 127. The van der Waals surface area contributed by atoms with Crippen molar-refractivity contribution >= 4 is 42.8 Å². The van der Waals surface area contributed by atoms with Gasteiger partial charge in [-0.15, -0.1) is 0 Å². The third-order valence-electron chi connectivity index (χ3n) is 6.79. The number of carbonyl (C=O) groups is 2. The van der Waals surface area contributed by atoms with Gasteiger partial charge in [0.15, 0.2) is 8.32 Å². The number of rotatable bonds is 4. The molecule has 0 saturated carbocycles. The van der Waals surface area contributed by atoms with Crippen LogP contribution in [0.3, 0.4) is 0 Å². The van der Waals surface area contributed by atoms with E-state index < -0.39 is 37.2 Å². The number of carbonyl (C=O) groups excluding carboxylic acids is 2. The zero-order chi connectivity index (χ0) is 24.0. The molecule has 2 rings (SSSR count). The molecule has 2 bridgehead atoms. The maximum atomic E-state index is 13.3. The first-order valence-corrected chi connectivity index (χ1v) is 15.4. The fraction of sp³-hybridized carbons (Fsp3) is 0.913. The number of alkyl halides is 1. The smallest absolute Gasteiger partial charge is 0.316 e. The molecule has 5 atom stereocenters. The van der Waals surface area contributed by atoms with Gasteiger partial charge in [0, 0.05) is 17.3 Å². The minimum atomic E-state index is -2.07. The van der Waals surface area contributed by atoms with Gasteiger partial charge in [0.05, 0.1) is 11.7 Å². The highest BCUT2D eigenvalue weighted by Crippen LogP contribution is 2.52. The van der Waals surface area contributed by atoms with E-state index in [-0.39, 0.29) is 21.0 Å². The predicted octanol–water partition coefficient (Wildman–Crippen LogP) is 5.76. The standard InChI is InChI=1S/C23H41IO6Si/c1-15(25)27-23-14-16(29-31(9,10)21(5,6)7)11-12-22(8,30-23)18(24)13-17(23)19(26)28-20(2,3)4/h16-18H,11-14H2,1-10H3/t16-,17-,18-,22+,23-/m0/s1. The normalized spacial score (nSPS) is 34.6. The largest absolute Gasteiger partial charge is 0.460 e. The topological polar surface area (TPSA) is 71.1 Å². The van der Waals surface area contributed by atoms with Crippen molar-refractivity contribution in [3.05, 3.63) is 0 Å². The van der Waals surface area contributed by atoms with E-state index in [2.05, 4.69) is 63.4 Å². The maximum absolute atomic E-state index is 13.3. The van der Waals surface area contributed by atoms with Crippen LogP contribution >= 0.6 is 22.6 Å². The summed E-state index contributed by atoms with van der Waals surface area (Å²) in [7, 11) is -2.07. The maximum Gasteiger partial charge on any atom is 0.316 e. The van der Waals surface area contributed by atoms with Crippen LogP contribution in [0.25, 0.3) is 0 Å². The second-order valence-electron chi connectivity index (χ2n) is 11.9. The molecule has 0 N–H and O–H groups in total. The molecular formula is C23H41IO6Si. The Bertz CT molecular complexity index is 697. The minimum absolute atomic E-state index is 0.0457. The summed E-state index contributed by atoms with van der Waals surface area (Å²) in [5.74, 6) is -2.93. The van der Waals surface area contributed by atoms with E-state index in [9.17, 15) is 9.59 Å². The van der Waals surface area contributed by atoms with Crippen molar-refractivity contribution in [2.75, 3.05) is 0 Å². The van der Waals surface area contributed by atoms with Gasteiger partial charge in [-0.3, -0.25) is 9.59 Å². The van der Waals surface area contributed by atoms with Crippen LogP contribution < -0.4 is 0 Å². The molecule has 31 heavy (non-hydrogen) atoms. The number of hydrogen-bond donors (Lipinski definition) is 0. The molecule has 0 aliphatic carbocycles. The van der Waals surface area contributed by atoms with E-state index in [1.807, 2.05) is 20.8 Å². The van der Waals surface area contributed by atoms with Crippen molar-refractivity contribution in [1.82, 2.24) is 0 Å². The second kappa shape index (κ2) is 8.87. The van der Waals surface area contributed by atoms with Crippen molar-refractivity contribution in [3.8, 4) is 0 Å². The Balaban J connectivity index is 2.49. The number of esters is 2. The molecule has 0 unspecified atom stereocenters. The van der Waals surface area contributed by atoms with Crippen LogP contribution in [0.4, 0.5) is 0 Å². The molecule has 2 saturated heterocycles. The predicted molar refractivity (Wildman–Crippen MR) is 132 cm³/mol. The summed E-state index contributed by atoms with van der Waals surface area (Å²) < 4.78 is 25.1. The first-order valence-electron chi connectivity index (χ1n) is 11.2. The molecule has 0 aromatic heterocycles. The Morgan fingerprint density at radius 3 is 2.19 bits per heavy atom. The molecule has 8 heteroatoms. The first kappa shape index (κ1) is 27.1. The molecule has 2 aliphatic rings. The third-order valence-corrected chi connectivity index (χ3v) is 13.2. The van der Waals surface area contributed by atoms with Gasteiger partial charge in [-0.05, 0) is 65.1 Å². The second-order valence-corrected chi connectivity index (χ2v) is 18.1. The number of fused-ring (bicyclic) bond motifs is 2. The SMILES string of the molecule is CC(=O)O[C@@]12C[C@@H](O[Si](C)(C)C(C)(C)C)CC[C@@](C)(O1)[C@@H](I)C[C@H]2C(=O)OC(C)(C)C. The van der Waals surface area contributed by atoms with Crippen LogP contribution in [-0.2, 0) is 28.2 Å². The molecule has 2 fully saturated rings. The highest BCUT2D eigenvalue weighted by Gasteiger charge is 2.62. The van der Waals surface area contributed by atoms with Crippen molar-refractivity contribution in [1.29, 1.82) is 0 Å². The van der Waals surface area contributed by atoms with Crippen molar-refractivity contribution in [2.24, 2.45) is 5.92 Å². The van der Waals surface area contributed by atoms with Crippen LogP contribution in [0, 0.1) is 5.92 Å². The summed E-state index contributed by atoms with van der Waals surface area (Å²) in [5.41, 5.74) is -1.15. The van der Waals surface area contributed by atoms with Gasteiger partial charge >= 0.3 is 11.9 Å². The van der Waals surface area contributed by atoms with E-state index in [4.69, 9.17) is 18.6 Å². The lowest BCUT2D eigenvalue weighted by molar-refractivity contribution is -0.313. The molecule has 0 amide bonds. The van der Waals surface area contributed by atoms with E-state index >= 15 is 0 Å². The Labute approximate surface area is 202 Å². The van der Waals surface area contributed by atoms with Crippen molar-refractivity contribution in [3.63, 3.8) is 0 Å². The monoisotopic (exact) mass is 568 g/mol. The molecule has 180 valence electrons. The lowest BCUT2D eigenvalue weighted by Gasteiger charge is -2.50. The summed E-state index contributed by atoms with van der Waals surface area (Å²) >= 11 is 2.37. The molecule has 2 aliphatic heterocycles. The number of ether oxygens (including phenoxy) is 3. The summed E-state index contributed by atoms with van der Waals surface area (Å²) in [4.78, 5) is 25.5. The van der Waals surface area contributed by atoms with Crippen molar-refractivity contribution in [2.45, 2.75) is 126 Å². The van der Waals surface area contributed by atoms with Gasteiger partial charge in [-0.2, -0.15) is 0 Å². The van der Waals surface area contributed by atoms with Gasteiger partial charge in [0.2, 0.25) is 5.79 Å². The summed E-state index contributed by atoms with van der Waals surface area (Å²) in [6, 6.07) is 0. The van der Waals surface area contributed by atoms with Crippen LogP contribution in [-0.4, -0.2) is 47.3 Å². The molecular weight excluding hydrogens is 527 g/mol. The molecule has 0 spiro atoms. The Hall–Kier alpha value is -0.193. The molecule has 0 radical (unpaired) electrons. The van der Waals surface area contributed by atoms with Gasteiger partial charge in [0.1, 0.15) is 11.5 Å². The van der Waals surface area contributed by atoms with E-state index in [0.29, 0.717) is 12.8 Å². The molecule has 0 aromatic carbocycles. The van der Waals surface area contributed by atoms with E-state index in [0.717, 1.165) is 12.8 Å². The van der Waals surface area contributed by atoms with E-state index in [1.165, 1.54) is 6.92 Å². The Morgan fingerprint density at radius 1 is 1.13 bits per heavy atom. The quantitative estimate of drug-likeness (QED) is 0.186. The van der Waals surface area contributed by atoms with Gasteiger partial charge in [0.25, 0.3) is 0 Å². The summed E-state index contributed by atoms with van der Waals surface area (Å²) in [5, 5.41) is 0.0457. The average molecular weight is 569 g/mol. The lowest BCUT2D eigenvalue weighted by atomic mass is 9.82. The Morgan fingerprint density at radius 2 is 1.71 bits per heavy atom. The average Bonchev–Trinajstić information content (AvgIpc) is 2.63. The van der Waals surface area contributed by atoms with Crippen LogP contribution in [0.15, 0.2) is 0 Å². The van der Waals surface area contributed by atoms with Crippen LogP contribution in [0.2, 0.25) is 18.1 Å². The minimum Gasteiger partial charge on any atom is -0.460 e. The fourth-order valence-electron chi connectivity index (χ4n) is 4.14. The molecule has 2 heterocycles. The third kappa shape index (κ3) is 6.23. The first-order chi connectivity index (χ1) is 13.8. The summed E-state index contributed by atoms with van der Waals surface area (Å²) in [6.45, 7) is 20.0. The van der Waals surface area contributed by atoms with Crippen LogP contribution in [0.5, 0.6) is 0 Å². The summed E-state index contributed by atoms with van der Waals surface area (Å²) in [6.07, 6.45) is 2.29. The van der Waals surface area contributed by atoms with Gasteiger partial charge in [-0.25, -0.2) is 0 Å². The lowest BCUT2D eigenvalue weighted by Crippen LogP contribution is -2.61. The van der Waals surface area contributed by atoms with Gasteiger partial charge in [-0.1, -0.05) is 43.4 Å². The molecule has 6 nitrogen and oxygen atoms in total. The highest BCUT2D eigenvalue weighted by molar-refractivity contribution is 14.1. The van der Waals surface area contributed by atoms with Crippen molar-refractivity contribution < 1.29 is 28.2 Å².